The molecule has 0 bridgehead atoms. The molecule has 0 N–H and O–H groups in total. The first-order valence-corrected chi connectivity index (χ1v) is 7.14. The summed E-state index contributed by atoms with van der Waals surface area (Å²) in [4.78, 5) is 0. The van der Waals surface area contributed by atoms with E-state index < -0.39 is 17.3 Å². The van der Waals surface area contributed by atoms with Crippen molar-refractivity contribution in [2.24, 2.45) is 10.3 Å². The van der Waals surface area contributed by atoms with Gasteiger partial charge in [0.15, 0.2) is 0 Å². The lowest BCUT2D eigenvalue weighted by Gasteiger charge is -2.27. The van der Waals surface area contributed by atoms with Crippen LogP contribution in [-0.4, -0.2) is 21.4 Å². The van der Waals surface area contributed by atoms with Crippen LogP contribution < -0.4 is 0 Å². The molecule has 1 rings (SSSR count). The number of nitrogens with zero attached hydrogens (tertiary/aromatic N) is 1. The quantitative estimate of drug-likeness (QED) is 0.565. The molecule has 1 aliphatic carbocycles. The normalized spacial score (nSPS) is 24.1. The molecule has 1 saturated carbocycles. The zero-order valence-corrected chi connectivity index (χ0v) is 11.5. The molecule has 0 spiro atoms. The Balaban J connectivity index is 2.30. The van der Waals surface area contributed by atoms with Crippen LogP contribution in [0.25, 0.3) is 0 Å². The van der Waals surface area contributed by atoms with Crippen LogP contribution in [0.5, 0.6) is 0 Å². The second-order valence-corrected chi connectivity index (χ2v) is 7.62. The van der Waals surface area contributed by atoms with Crippen LogP contribution in [0, 0.1) is 5.92 Å². The van der Waals surface area contributed by atoms with Gasteiger partial charge in [0.25, 0.3) is 0 Å². The first-order chi connectivity index (χ1) is 7.71. The lowest BCUT2D eigenvalue weighted by Crippen LogP contribution is -2.26. The van der Waals surface area contributed by atoms with E-state index in [4.69, 9.17) is 0 Å². The van der Waals surface area contributed by atoms with E-state index in [1.165, 1.54) is 0 Å². The zero-order valence-electron chi connectivity index (χ0n) is 10.7. The molecule has 0 aliphatic heterocycles. The van der Waals surface area contributed by atoms with Crippen molar-refractivity contribution in [3.8, 4) is 0 Å². The second-order valence-electron chi connectivity index (χ2n) is 5.68. The van der Waals surface area contributed by atoms with Crippen molar-refractivity contribution in [2.45, 2.75) is 63.5 Å². The van der Waals surface area contributed by atoms with Crippen LogP contribution in [0.4, 0.5) is 8.78 Å². The van der Waals surface area contributed by atoms with E-state index >= 15 is 0 Å². The summed E-state index contributed by atoms with van der Waals surface area (Å²) in [5.74, 6) is -2.20. The minimum atomic E-state index is -2.47. The molecule has 0 unspecified atom stereocenters. The second kappa shape index (κ2) is 5.65. The van der Waals surface area contributed by atoms with Gasteiger partial charge in [0.05, 0.1) is 6.21 Å². The Morgan fingerprint density at radius 2 is 1.88 bits per heavy atom. The summed E-state index contributed by atoms with van der Waals surface area (Å²) >= 11 is -1.24. The molecule has 1 atom stereocenters. The lowest BCUT2D eigenvalue weighted by atomic mass is 9.85. The summed E-state index contributed by atoms with van der Waals surface area (Å²) in [5, 5.41) is 0. The van der Waals surface area contributed by atoms with Crippen molar-refractivity contribution in [3.63, 3.8) is 0 Å². The van der Waals surface area contributed by atoms with E-state index in [1.807, 2.05) is 20.8 Å². The van der Waals surface area contributed by atoms with Gasteiger partial charge < -0.3 is 4.55 Å². The van der Waals surface area contributed by atoms with Crippen LogP contribution >= 0.6 is 0 Å². The maximum Gasteiger partial charge on any atom is 0.248 e. The average Bonchev–Trinajstić information content (AvgIpc) is 2.19. The van der Waals surface area contributed by atoms with Crippen LogP contribution in [-0.2, 0) is 11.4 Å². The molecule has 1 fully saturated rings. The van der Waals surface area contributed by atoms with Gasteiger partial charge in [-0.05, 0) is 46.0 Å². The van der Waals surface area contributed by atoms with Gasteiger partial charge in [-0.25, -0.2) is 8.78 Å². The Morgan fingerprint density at radius 1 is 1.35 bits per heavy atom. The minimum Gasteiger partial charge on any atom is -0.591 e. The van der Waals surface area contributed by atoms with Gasteiger partial charge in [-0.15, -0.1) is 0 Å². The molecule has 2 nitrogen and oxygen atoms in total. The van der Waals surface area contributed by atoms with Crippen molar-refractivity contribution in [3.05, 3.63) is 0 Å². The molecule has 0 aromatic heterocycles. The van der Waals surface area contributed by atoms with Gasteiger partial charge in [-0.1, -0.05) is 4.40 Å². The van der Waals surface area contributed by atoms with Crippen molar-refractivity contribution in [2.75, 3.05) is 0 Å². The Hall–Kier alpha value is -0.160. The van der Waals surface area contributed by atoms with Crippen LogP contribution in [0.2, 0.25) is 0 Å². The fraction of sp³-hybridized carbons (Fsp3) is 0.917. The van der Waals surface area contributed by atoms with Crippen molar-refractivity contribution >= 4 is 17.6 Å². The molecule has 5 heteroatoms. The van der Waals surface area contributed by atoms with Crippen LogP contribution in [0.3, 0.4) is 0 Å². The highest BCUT2D eigenvalue weighted by atomic mass is 32.2. The highest BCUT2D eigenvalue weighted by Crippen LogP contribution is 2.37. The van der Waals surface area contributed by atoms with Crippen molar-refractivity contribution in [1.29, 1.82) is 0 Å². The predicted molar refractivity (Wildman–Crippen MR) is 67.9 cm³/mol. The molecule has 0 radical (unpaired) electrons. The summed E-state index contributed by atoms with van der Waals surface area (Å²) in [6.45, 7) is 5.59. The smallest absolute Gasteiger partial charge is 0.248 e. The SMILES string of the molecule is CC(C)(C)[S@@+]([O-])/N=C/CC1CCC(F)(F)CC1. The molecule has 100 valence electrons. The van der Waals surface area contributed by atoms with Crippen molar-refractivity contribution < 1.29 is 13.3 Å². The molecule has 0 aromatic rings. The van der Waals surface area contributed by atoms with Crippen molar-refractivity contribution in [1.82, 2.24) is 0 Å². The Bertz CT molecular complexity index is 266. The number of halogens is 2. The summed E-state index contributed by atoms with van der Waals surface area (Å²) in [6.07, 6.45) is 3.36. The molecule has 0 saturated heterocycles. The number of alkyl halides is 2. The highest BCUT2D eigenvalue weighted by molar-refractivity contribution is 7.91. The maximum absolute atomic E-state index is 12.9. The summed E-state index contributed by atoms with van der Waals surface area (Å²) in [6, 6.07) is 0. The summed E-state index contributed by atoms with van der Waals surface area (Å²) in [5.41, 5.74) is 0. The van der Waals surface area contributed by atoms with Crippen LogP contribution in [0.15, 0.2) is 4.40 Å². The molecule has 17 heavy (non-hydrogen) atoms. The van der Waals surface area contributed by atoms with Gasteiger partial charge in [0.2, 0.25) is 5.92 Å². The molecule has 0 aromatic carbocycles. The molecular formula is C12H21F2NOS. The van der Waals surface area contributed by atoms with Crippen LogP contribution in [0.1, 0.15) is 52.9 Å². The summed E-state index contributed by atoms with van der Waals surface area (Å²) < 4.78 is 41.0. The molecule has 0 amide bonds. The van der Waals surface area contributed by atoms with E-state index in [0.717, 1.165) is 0 Å². The monoisotopic (exact) mass is 265 g/mol. The van der Waals surface area contributed by atoms with E-state index in [2.05, 4.69) is 4.40 Å². The standard InChI is InChI=1S/C12H21F2NOS/c1-11(2,3)17(16)15-9-6-10-4-7-12(13,14)8-5-10/h9-10H,4-8H2,1-3H3/b15-9+/t17-/m1/s1. The Labute approximate surface area is 105 Å². The lowest BCUT2D eigenvalue weighted by molar-refractivity contribution is -0.0448. The third-order valence-electron chi connectivity index (χ3n) is 2.97. The fourth-order valence-corrected chi connectivity index (χ4v) is 2.29. The van der Waals surface area contributed by atoms with Gasteiger partial charge in [-0.2, -0.15) is 0 Å². The van der Waals surface area contributed by atoms with E-state index in [-0.39, 0.29) is 23.5 Å². The zero-order chi connectivity index (χ0) is 13.1. The summed E-state index contributed by atoms with van der Waals surface area (Å²) in [7, 11) is 0. The topological polar surface area (TPSA) is 35.4 Å². The first-order valence-electron chi connectivity index (χ1n) is 6.03. The molecule has 0 heterocycles. The number of rotatable bonds is 3. The number of hydrogen-bond acceptors (Lipinski definition) is 2. The molecule has 1 aliphatic rings. The van der Waals surface area contributed by atoms with Gasteiger partial charge >= 0.3 is 0 Å². The average molecular weight is 265 g/mol. The third kappa shape index (κ3) is 5.34. The van der Waals surface area contributed by atoms with E-state index in [9.17, 15) is 13.3 Å². The maximum atomic E-state index is 12.9. The van der Waals surface area contributed by atoms with Gasteiger partial charge in [0, 0.05) is 12.8 Å². The minimum absolute atomic E-state index is 0.0200. The Kier molecular flexibility index (Phi) is 4.95. The third-order valence-corrected chi connectivity index (χ3v) is 4.36. The van der Waals surface area contributed by atoms with Gasteiger partial charge in [-0.3, -0.25) is 0 Å². The van der Waals surface area contributed by atoms with E-state index in [1.54, 1.807) is 6.21 Å². The van der Waals surface area contributed by atoms with Gasteiger partial charge in [0.1, 0.15) is 16.1 Å². The number of hydrogen-bond donors (Lipinski definition) is 0. The van der Waals surface area contributed by atoms with E-state index in [0.29, 0.717) is 19.3 Å². The first kappa shape index (κ1) is 14.9. The largest absolute Gasteiger partial charge is 0.591 e. The fourth-order valence-electron chi connectivity index (χ4n) is 1.75. The molecular weight excluding hydrogens is 244 g/mol. The predicted octanol–water partition coefficient (Wildman–Crippen LogP) is 3.74. The highest BCUT2D eigenvalue weighted by Gasteiger charge is 2.34. The Morgan fingerprint density at radius 3 is 2.35 bits per heavy atom.